The van der Waals surface area contributed by atoms with Crippen LogP contribution in [0.2, 0.25) is 0 Å². The van der Waals surface area contributed by atoms with Gasteiger partial charge in [-0.25, -0.2) is 4.79 Å². The molecule has 0 spiro atoms. The molecule has 0 aromatic carbocycles. The molecule has 0 saturated heterocycles. The number of aromatic nitrogens is 2. The summed E-state index contributed by atoms with van der Waals surface area (Å²) in [6.07, 6.45) is 1.21. The number of rotatable bonds is 5. The smallest absolute Gasteiger partial charge is 0.413 e. The van der Waals surface area contributed by atoms with E-state index in [1.54, 1.807) is 6.20 Å². The van der Waals surface area contributed by atoms with E-state index >= 15 is 0 Å². The van der Waals surface area contributed by atoms with Gasteiger partial charge in [0.25, 0.3) is 0 Å². The first-order valence-electron chi connectivity index (χ1n) is 6.51. The van der Waals surface area contributed by atoms with Crippen LogP contribution in [0.3, 0.4) is 0 Å². The molecule has 0 radical (unpaired) electrons. The lowest BCUT2D eigenvalue weighted by Crippen LogP contribution is -2.28. The molecule has 0 saturated carbocycles. The van der Waals surface area contributed by atoms with Crippen molar-refractivity contribution in [3.63, 3.8) is 0 Å². The van der Waals surface area contributed by atoms with Gasteiger partial charge in [0, 0.05) is 12.1 Å². The first-order chi connectivity index (χ1) is 8.78. The zero-order valence-electron chi connectivity index (χ0n) is 12.3. The molecule has 1 amide bonds. The minimum Gasteiger partial charge on any atom is -0.444 e. The standard InChI is InChI=1S/C13H24N4O2/c1-9(2)6-14-7-10-8-15-17-11(10)16-12(18)19-13(3,4)5/h8-9,14H,6-7H2,1-5H3,(H2,15,16,17,18). The van der Waals surface area contributed by atoms with Crippen molar-refractivity contribution in [1.82, 2.24) is 15.5 Å². The lowest BCUT2D eigenvalue weighted by molar-refractivity contribution is 0.0635. The highest BCUT2D eigenvalue weighted by Crippen LogP contribution is 2.13. The van der Waals surface area contributed by atoms with E-state index in [1.165, 1.54) is 0 Å². The number of carbonyl (C=O) groups excluding carboxylic acids is 1. The largest absolute Gasteiger partial charge is 0.444 e. The summed E-state index contributed by atoms with van der Waals surface area (Å²) >= 11 is 0. The molecule has 1 rings (SSSR count). The molecule has 3 N–H and O–H groups in total. The number of H-pyrrole nitrogens is 1. The summed E-state index contributed by atoms with van der Waals surface area (Å²) in [6, 6.07) is 0. The van der Waals surface area contributed by atoms with Crippen LogP contribution in [-0.4, -0.2) is 28.4 Å². The fourth-order valence-electron chi connectivity index (χ4n) is 1.45. The molecular weight excluding hydrogens is 244 g/mol. The zero-order valence-corrected chi connectivity index (χ0v) is 12.3. The molecule has 0 bridgehead atoms. The maximum atomic E-state index is 11.7. The molecule has 0 aliphatic heterocycles. The minimum atomic E-state index is -0.514. The van der Waals surface area contributed by atoms with Crippen molar-refractivity contribution >= 4 is 11.9 Å². The van der Waals surface area contributed by atoms with Crippen LogP contribution < -0.4 is 10.6 Å². The van der Waals surface area contributed by atoms with Crippen molar-refractivity contribution in [1.29, 1.82) is 0 Å². The molecule has 0 unspecified atom stereocenters. The van der Waals surface area contributed by atoms with Gasteiger partial charge >= 0.3 is 6.09 Å². The second kappa shape index (κ2) is 6.56. The highest BCUT2D eigenvalue weighted by atomic mass is 16.6. The van der Waals surface area contributed by atoms with Crippen molar-refractivity contribution in [3.05, 3.63) is 11.8 Å². The molecule has 6 heteroatoms. The molecule has 0 aliphatic carbocycles. The van der Waals surface area contributed by atoms with Crippen molar-refractivity contribution < 1.29 is 9.53 Å². The van der Waals surface area contributed by atoms with Gasteiger partial charge in [-0.15, -0.1) is 0 Å². The monoisotopic (exact) mass is 268 g/mol. The molecule has 108 valence electrons. The average molecular weight is 268 g/mol. The number of hydrogen-bond donors (Lipinski definition) is 3. The molecule has 0 aliphatic rings. The van der Waals surface area contributed by atoms with Crippen LogP contribution in [-0.2, 0) is 11.3 Å². The van der Waals surface area contributed by atoms with Gasteiger partial charge in [0.1, 0.15) is 11.4 Å². The summed E-state index contributed by atoms with van der Waals surface area (Å²) in [6.45, 7) is 11.3. The Morgan fingerprint density at radius 2 is 2.16 bits per heavy atom. The van der Waals surface area contributed by atoms with Crippen LogP contribution >= 0.6 is 0 Å². The van der Waals surface area contributed by atoms with Gasteiger partial charge in [-0.1, -0.05) is 13.8 Å². The van der Waals surface area contributed by atoms with Crippen LogP contribution in [0, 0.1) is 5.92 Å². The number of ether oxygens (including phenoxy) is 1. The van der Waals surface area contributed by atoms with E-state index < -0.39 is 11.7 Å². The molecule has 19 heavy (non-hydrogen) atoms. The molecule has 0 fully saturated rings. The topological polar surface area (TPSA) is 79.0 Å². The van der Waals surface area contributed by atoms with Crippen molar-refractivity contribution in [2.45, 2.75) is 46.8 Å². The number of hydrogen-bond acceptors (Lipinski definition) is 4. The summed E-state index contributed by atoms with van der Waals surface area (Å²) in [7, 11) is 0. The Hall–Kier alpha value is -1.56. The Labute approximate surface area is 114 Å². The lowest BCUT2D eigenvalue weighted by atomic mass is 10.2. The highest BCUT2D eigenvalue weighted by molar-refractivity contribution is 5.84. The lowest BCUT2D eigenvalue weighted by Gasteiger charge is -2.19. The van der Waals surface area contributed by atoms with Gasteiger partial charge in [-0.05, 0) is 33.2 Å². The number of anilines is 1. The minimum absolute atomic E-state index is 0.484. The number of nitrogens with one attached hydrogen (secondary N) is 3. The SMILES string of the molecule is CC(C)CNCc1cn[nH]c1NC(=O)OC(C)(C)C. The van der Waals surface area contributed by atoms with E-state index in [2.05, 4.69) is 34.7 Å². The Kier molecular flexibility index (Phi) is 5.35. The Bertz CT molecular complexity index is 407. The fourth-order valence-corrected chi connectivity index (χ4v) is 1.45. The van der Waals surface area contributed by atoms with Gasteiger partial charge in [-0.2, -0.15) is 5.10 Å². The van der Waals surface area contributed by atoms with Crippen LogP contribution in [0.1, 0.15) is 40.2 Å². The first-order valence-corrected chi connectivity index (χ1v) is 6.51. The third kappa shape index (κ3) is 6.24. The molecule has 6 nitrogen and oxygen atoms in total. The maximum Gasteiger partial charge on any atom is 0.413 e. The quantitative estimate of drug-likeness (QED) is 0.766. The highest BCUT2D eigenvalue weighted by Gasteiger charge is 2.17. The van der Waals surface area contributed by atoms with Crippen molar-refractivity contribution in [3.8, 4) is 0 Å². The Morgan fingerprint density at radius 3 is 2.74 bits per heavy atom. The van der Waals surface area contributed by atoms with E-state index in [-0.39, 0.29) is 0 Å². The maximum absolute atomic E-state index is 11.7. The summed E-state index contributed by atoms with van der Waals surface area (Å²) < 4.78 is 5.19. The van der Waals surface area contributed by atoms with Gasteiger partial charge in [0.15, 0.2) is 0 Å². The van der Waals surface area contributed by atoms with Gasteiger partial charge < -0.3 is 10.1 Å². The van der Waals surface area contributed by atoms with E-state index in [1.807, 2.05) is 20.8 Å². The van der Waals surface area contributed by atoms with Crippen LogP contribution in [0.25, 0.3) is 0 Å². The Balaban J connectivity index is 2.50. The molecule has 1 aromatic heterocycles. The average Bonchev–Trinajstić information content (AvgIpc) is 2.62. The predicted octanol–water partition coefficient (Wildman–Crippen LogP) is 2.50. The van der Waals surface area contributed by atoms with Crippen molar-refractivity contribution in [2.75, 3.05) is 11.9 Å². The molecule has 1 aromatic rings. The molecule has 0 atom stereocenters. The Morgan fingerprint density at radius 1 is 1.47 bits per heavy atom. The van der Waals surface area contributed by atoms with E-state index in [0.717, 1.165) is 12.1 Å². The second-order valence-corrected chi connectivity index (χ2v) is 5.92. The number of amides is 1. The van der Waals surface area contributed by atoms with E-state index in [9.17, 15) is 4.79 Å². The summed E-state index contributed by atoms with van der Waals surface area (Å²) in [5, 5.41) is 12.7. The summed E-state index contributed by atoms with van der Waals surface area (Å²) in [5.41, 5.74) is 0.395. The zero-order chi connectivity index (χ0) is 14.5. The first kappa shape index (κ1) is 15.5. The normalized spacial score (nSPS) is 11.7. The summed E-state index contributed by atoms with van der Waals surface area (Å²) in [4.78, 5) is 11.7. The van der Waals surface area contributed by atoms with Crippen LogP contribution in [0.15, 0.2) is 6.20 Å². The van der Waals surface area contributed by atoms with Crippen molar-refractivity contribution in [2.24, 2.45) is 5.92 Å². The van der Waals surface area contributed by atoms with Crippen LogP contribution in [0.4, 0.5) is 10.6 Å². The van der Waals surface area contributed by atoms with E-state index in [4.69, 9.17) is 4.74 Å². The number of nitrogens with zero attached hydrogens (tertiary/aromatic N) is 1. The fraction of sp³-hybridized carbons (Fsp3) is 0.692. The summed E-state index contributed by atoms with van der Waals surface area (Å²) in [5.74, 6) is 1.15. The van der Waals surface area contributed by atoms with Gasteiger partial charge in [-0.3, -0.25) is 10.4 Å². The third-order valence-corrected chi connectivity index (χ3v) is 2.21. The van der Waals surface area contributed by atoms with E-state index in [0.29, 0.717) is 18.3 Å². The van der Waals surface area contributed by atoms with Gasteiger partial charge in [0.05, 0.1) is 6.20 Å². The van der Waals surface area contributed by atoms with Crippen LogP contribution in [0.5, 0.6) is 0 Å². The van der Waals surface area contributed by atoms with Gasteiger partial charge in [0.2, 0.25) is 0 Å². The third-order valence-electron chi connectivity index (χ3n) is 2.21. The predicted molar refractivity (Wildman–Crippen MR) is 75.0 cm³/mol. The number of aromatic amines is 1. The second-order valence-electron chi connectivity index (χ2n) is 5.92. The molecule has 1 heterocycles. The molecular formula is C13H24N4O2. The number of carbonyl (C=O) groups is 1.